The molecule has 0 spiro atoms. The number of nitrogens with one attached hydrogen (secondary N) is 1. The Kier molecular flexibility index (Phi) is 9.53. The van der Waals surface area contributed by atoms with Crippen LogP contribution in [0.5, 0.6) is 0 Å². The monoisotopic (exact) mass is 686 g/mol. The number of sulfonamides is 2. The lowest BCUT2D eigenvalue weighted by Crippen LogP contribution is -2.47. The topological polar surface area (TPSA) is 138 Å². The highest BCUT2D eigenvalue weighted by atomic mass is 32.2. The maximum atomic E-state index is 14.1. The van der Waals surface area contributed by atoms with E-state index >= 15 is 0 Å². The summed E-state index contributed by atoms with van der Waals surface area (Å²) in [5.74, 6) is -0.233. The first kappa shape index (κ1) is 33.0. The van der Waals surface area contributed by atoms with Gasteiger partial charge >= 0.3 is 0 Å². The molecule has 0 radical (unpaired) electrons. The first-order valence-corrected chi connectivity index (χ1v) is 20.9. The lowest BCUT2D eigenvalue weighted by molar-refractivity contribution is 0.184. The second-order valence-electron chi connectivity index (χ2n) is 13.0. The van der Waals surface area contributed by atoms with Gasteiger partial charge in [0.2, 0.25) is 0 Å². The molecule has 1 aliphatic heterocycles. The summed E-state index contributed by atoms with van der Waals surface area (Å²) in [7, 11) is -11.9. The Balaban J connectivity index is 1.25. The molecular weight excluding hydrogens is 645 g/mol. The maximum Gasteiger partial charge on any atom is 0.264 e. The molecule has 2 atom stereocenters. The number of rotatable bonds is 9. The Bertz CT molecular complexity index is 1830. The highest BCUT2D eigenvalue weighted by Gasteiger charge is 2.45. The third kappa shape index (κ3) is 7.14. The van der Waals surface area contributed by atoms with Crippen molar-refractivity contribution in [2.45, 2.75) is 98.0 Å². The molecule has 1 saturated heterocycles. The van der Waals surface area contributed by atoms with Gasteiger partial charge in [-0.2, -0.15) is 0 Å². The molecule has 46 heavy (non-hydrogen) atoms. The second-order valence-corrected chi connectivity index (χ2v) is 18.6. The van der Waals surface area contributed by atoms with Crippen LogP contribution in [0, 0.1) is 0 Å². The van der Waals surface area contributed by atoms with E-state index in [1.165, 1.54) is 49.9 Å². The van der Waals surface area contributed by atoms with Crippen molar-refractivity contribution in [2.75, 3.05) is 20.5 Å². The minimum atomic E-state index is -4.30. The van der Waals surface area contributed by atoms with Crippen LogP contribution in [0.2, 0.25) is 0 Å². The molecule has 0 unspecified atom stereocenters. The van der Waals surface area contributed by atoms with Gasteiger partial charge in [0.25, 0.3) is 20.0 Å². The average Bonchev–Trinajstić information content (AvgIpc) is 3.33. The quantitative estimate of drug-likeness (QED) is 0.284. The molecule has 9 nitrogen and oxygen atoms in total. The van der Waals surface area contributed by atoms with Crippen LogP contribution in [0.3, 0.4) is 0 Å². The van der Waals surface area contributed by atoms with Crippen LogP contribution >= 0.6 is 0 Å². The van der Waals surface area contributed by atoms with Crippen LogP contribution in [0.4, 0.5) is 11.4 Å². The number of sulfone groups is 1. The summed E-state index contributed by atoms with van der Waals surface area (Å²) in [5.41, 5.74) is 2.56. The summed E-state index contributed by atoms with van der Waals surface area (Å²) in [6, 6.07) is 18.2. The van der Waals surface area contributed by atoms with Gasteiger partial charge in [0.05, 0.1) is 39.1 Å². The second kappa shape index (κ2) is 13.3. The average molecular weight is 687 g/mol. The van der Waals surface area contributed by atoms with Crippen molar-refractivity contribution in [3.05, 3.63) is 83.9 Å². The van der Waals surface area contributed by atoms with Gasteiger partial charge in [-0.1, -0.05) is 62.8 Å². The number of hydrogen-bond donors (Lipinski definition) is 2. The van der Waals surface area contributed by atoms with E-state index in [0.717, 1.165) is 54.0 Å². The molecule has 1 heterocycles. The van der Waals surface area contributed by atoms with Crippen molar-refractivity contribution in [3.8, 4) is 0 Å². The number of nitrogens with zero attached hydrogens (tertiary/aromatic N) is 1. The van der Waals surface area contributed by atoms with Crippen LogP contribution in [0.1, 0.15) is 87.2 Å². The summed E-state index contributed by atoms with van der Waals surface area (Å²) >= 11 is 0. The van der Waals surface area contributed by atoms with E-state index in [9.17, 15) is 30.4 Å². The standard InChI is InChI=1S/C34H42N2O7S3/c37-34-24-44(38,39)23-33(34)36(46(42,43)32-21-13-28(14-22-32)26-9-5-2-6-10-26)30-17-15-29(16-18-30)35-45(40,41)31-19-11-27(12-20-31)25-7-3-1-4-8-25/h11-22,25-26,33-35,37H,1-10,23-24H2/t33-,34+/m1/s1. The van der Waals surface area contributed by atoms with Crippen molar-refractivity contribution in [1.29, 1.82) is 0 Å². The Morgan fingerprint density at radius 1 is 0.630 bits per heavy atom. The summed E-state index contributed by atoms with van der Waals surface area (Å²) in [6.45, 7) is 0. The maximum absolute atomic E-state index is 14.1. The molecule has 3 fully saturated rings. The minimum Gasteiger partial charge on any atom is -0.390 e. The summed E-state index contributed by atoms with van der Waals surface area (Å²) in [5, 5.41) is 10.7. The van der Waals surface area contributed by atoms with Crippen molar-refractivity contribution in [1.82, 2.24) is 0 Å². The zero-order valence-electron chi connectivity index (χ0n) is 25.8. The minimum absolute atomic E-state index is 0.00925. The first-order valence-electron chi connectivity index (χ1n) is 16.2. The van der Waals surface area contributed by atoms with E-state index in [4.69, 9.17) is 0 Å². The van der Waals surface area contributed by atoms with Gasteiger partial charge < -0.3 is 5.11 Å². The summed E-state index contributed by atoms with van der Waals surface area (Å²) in [6.07, 6.45) is 10.0. The predicted molar refractivity (Wildman–Crippen MR) is 180 cm³/mol. The largest absolute Gasteiger partial charge is 0.390 e. The van der Waals surface area contributed by atoms with E-state index in [2.05, 4.69) is 4.72 Å². The van der Waals surface area contributed by atoms with Gasteiger partial charge in [-0.3, -0.25) is 9.03 Å². The molecule has 0 aromatic heterocycles. The lowest BCUT2D eigenvalue weighted by atomic mass is 9.84. The SMILES string of the molecule is O=S1(=O)C[C@@H](N(c2ccc(NS(=O)(=O)c3ccc(C4CCCCC4)cc3)cc2)S(=O)(=O)c2ccc(C3CCCCC3)cc2)[C@@H](O)C1. The molecule has 0 bridgehead atoms. The van der Waals surface area contributed by atoms with Crippen molar-refractivity contribution in [2.24, 2.45) is 0 Å². The van der Waals surface area contributed by atoms with Crippen molar-refractivity contribution in [3.63, 3.8) is 0 Å². The van der Waals surface area contributed by atoms with Gasteiger partial charge in [0.1, 0.15) is 0 Å². The van der Waals surface area contributed by atoms with Gasteiger partial charge in [0.15, 0.2) is 9.84 Å². The van der Waals surface area contributed by atoms with E-state index < -0.39 is 53.5 Å². The van der Waals surface area contributed by atoms with E-state index in [0.29, 0.717) is 11.8 Å². The van der Waals surface area contributed by atoms with Gasteiger partial charge in [-0.25, -0.2) is 25.3 Å². The molecule has 12 heteroatoms. The highest BCUT2D eigenvalue weighted by Crippen LogP contribution is 2.36. The van der Waals surface area contributed by atoms with Crippen LogP contribution in [0.25, 0.3) is 0 Å². The van der Waals surface area contributed by atoms with Crippen LogP contribution in [0.15, 0.2) is 82.6 Å². The van der Waals surface area contributed by atoms with Crippen molar-refractivity contribution < 1.29 is 30.4 Å². The zero-order valence-corrected chi connectivity index (χ0v) is 28.2. The summed E-state index contributed by atoms with van der Waals surface area (Å²) < 4.78 is 83.1. The molecule has 3 aromatic rings. The number of aliphatic hydroxyl groups is 1. The normalized spacial score (nSPS) is 22.8. The summed E-state index contributed by atoms with van der Waals surface area (Å²) in [4.78, 5) is 0.112. The fraction of sp³-hybridized carbons (Fsp3) is 0.471. The van der Waals surface area contributed by atoms with Gasteiger partial charge in [-0.05, 0) is 97.2 Å². The predicted octanol–water partition coefficient (Wildman–Crippen LogP) is 5.94. The Morgan fingerprint density at radius 2 is 1.11 bits per heavy atom. The molecule has 2 aliphatic carbocycles. The number of aliphatic hydroxyl groups excluding tert-OH is 1. The third-order valence-electron chi connectivity index (χ3n) is 9.75. The van der Waals surface area contributed by atoms with Crippen LogP contribution in [-0.2, 0) is 29.9 Å². The van der Waals surface area contributed by atoms with Crippen molar-refractivity contribution >= 4 is 41.3 Å². The third-order valence-corrected chi connectivity index (χ3v) is 14.7. The smallest absolute Gasteiger partial charge is 0.264 e. The Hall–Kier alpha value is -2.93. The van der Waals surface area contributed by atoms with E-state index in [1.54, 1.807) is 24.3 Å². The molecule has 3 aliphatic rings. The highest BCUT2D eigenvalue weighted by molar-refractivity contribution is 7.93. The fourth-order valence-corrected chi connectivity index (χ4v) is 11.9. The fourth-order valence-electron chi connectivity index (χ4n) is 7.25. The number of anilines is 2. The number of benzene rings is 3. The Morgan fingerprint density at radius 3 is 1.57 bits per heavy atom. The van der Waals surface area contributed by atoms with E-state index in [-0.39, 0.29) is 21.2 Å². The molecule has 3 aromatic carbocycles. The first-order chi connectivity index (χ1) is 21.9. The molecular formula is C34H42N2O7S3. The molecule has 0 amide bonds. The molecule has 2 N–H and O–H groups in total. The van der Waals surface area contributed by atoms with Crippen LogP contribution in [-0.4, -0.2) is 54.0 Å². The Labute approximate surface area is 273 Å². The lowest BCUT2D eigenvalue weighted by Gasteiger charge is -2.31. The van der Waals surface area contributed by atoms with Gasteiger partial charge in [-0.15, -0.1) is 0 Å². The number of hydrogen-bond acceptors (Lipinski definition) is 7. The molecule has 248 valence electrons. The molecule has 6 rings (SSSR count). The van der Waals surface area contributed by atoms with Crippen LogP contribution < -0.4 is 9.03 Å². The zero-order chi connectivity index (χ0) is 32.5. The van der Waals surface area contributed by atoms with E-state index in [1.807, 2.05) is 24.3 Å². The van der Waals surface area contributed by atoms with Gasteiger partial charge in [0, 0.05) is 5.69 Å². The molecule has 2 saturated carbocycles.